The molecule has 1 saturated heterocycles. The highest BCUT2D eigenvalue weighted by Gasteiger charge is 2.28. The van der Waals surface area contributed by atoms with Crippen molar-refractivity contribution in [3.05, 3.63) is 83.3 Å². The van der Waals surface area contributed by atoms with Crippen LogP contribution in [0.4, 0.5) is 0 Å². The summed E-state index contributed by atoms with van der Waals surface area (Å²) >= 11 is 0. The van der Waals surface area contributed by atoms with Gasteiger partial charge in [-0.1, -0.05) is 62.0 Å². The number of morpholine rings is 1. The van der Waals surface area contributed by atoms with Crippen molar-refractivity contribution in [1.82, 2.24) is 19.7 Å². The Labute approximate surface area is 263 Å². The molecule has 2 aliphatic heterocycles. The predicted octanol–water partition coefficient (Wildman–Crippen LogP) is 6.67. The van der Waals surface area contributed by atoms with Gasteiger partial charge in [0, 0.05) is 54.7 Å². The van der Waals surface area contributed by atoms with Crippen LogP contribution in [0.5, 0.6) is 5.75 Å². The van der Waals surface area contributed by atoms with Gasteiger partial charge in [-0.3, -0.25) is 10.00 Å². The van der Waals surface area contributed by atoms with Gasteiger partial charge >= 0.3 is 5.97 Å². The van der Waals surface area contributed by atoms with Crippen LogP contribution in [0.3, 0.4) is 0 Å². The fourth-order valence-corrected chi connectivity index (χ4v) is 6.73. The fraction of sp³-hybridized carbons (Fsp3) is 0.389. The summed E-state index contributed by atoms with van der Waals surface area (Å²) in [7, 11) is 0. The molecule has 2 aliphatic rings. The van der Waals surface area contributed by atoms with Gasteiger partial charge in [0.1, 0.15) is 11.4 Å². The zero-order chi connectivity index (χ0) is 29.9. The van der Waals surface area contributed by atoms with Crippen molar-refractivity contribution >= 4 is 27.6 Å². The lowest BCUT2D eigenvalue weighted by molar-refractivity contribution is 0.0337. The zero-order valence-electron chi connectivity index (χ0n) is 24.9. The Bertz CT molecular complexity index is 1780. The first-order chi connectivity index (χ1) is 21.7. The van der Waals surface area contributed by atoms with E-state index in [1.54, 1.807) is 0 Å². The van der Waals surface area contributed by atoms with E-state index in [9.17, 15) is 9.90 Å². The topological polar surface area (TPSA) is 102 Å². The number of aromatic carboxylic acids is 1. The lowest BCUT2D eigenvalue weighted by Crippen LogP contribution is -2.35. The lowest BCUT2D eigenvalue weighted by atomic mass is 9.98. The number of fused-ring (bicyclic) bond motifs is 3. The highest BCUT2D eigenvalue weighted by atomic mass is 16.5. The molecule has 3 aromatic carbocycles. The molecule has 0 atom stereocenters. The molecule has 0 bridgehead atoms. The average molecular weight is 611 g/mol. The second-order valence-electron chi connectivity index (χ2n) is 11.6. The Morgan fingerprint density at radius 2 is 1.73 bits per heavy atom. The number of aromatic amines is 1. The van der Waals surface area contributed by atoms with Gasteiger partial charge in [-0.15, -0.1) is 0 Å². The van der Waals surface area contributed by atoms with Crippen molar-refractivity contribution in [2.45, 2.75) is 52.8 Å². The maximum atomic E-state index is 12.9. The summed E-state index contributed by atoms with van der Waals surface area (Å²) in [5.74, 6) is -0.0487. The molecule has 1 fully saturated rings. The van der Waals surface area contributed by atoms with Crippen LogP contribution in [-0.4, -0.2) is 70.3 Å². The van der Waals surface area contributed by atoms with Crippen LogP contribution in [0.2, 0.25) is 0 Å². The molecule has 236 valence electrons. The monoisotopic (exact) mass is 610 g/mol. The van der Waals surface area contributed by atoms with E-state index in [1.807, 2.05) is 34.9 Å². The Morgan fingerprint density at radius 1 is 0.933 bits per heavy atom. The van der Waals surface area contributed by atoms with Gasteiger partial charge in [0.25, 0.3) is 0 Å². The number of hydrogen-bond acceptors (Lipinski definition) is 6. The number of para-hydroxylation sites is 1. The van der Waals surface area contributed by atoms with Gasteiger partial charge in [0.15, 0.2) is 0 Å². The minimum absolute atomic E-state index is 0. The molecule has 7 rings (SSSR count). The fourth-order valence-electron chi connectivity index (χ4n) is 6.73. The smallest absolute Gasteiger partial charge is 0.352 e. The molecular formula is C36H42N4O5. The van der Waals surface area contributed by atoms with E-state index < -0.39 is 5.97 Å². The second kappa shape index (κ2) is 13.9. The summed E-state index contributed by atoms with van der Waals surface area (Å²) in [6.07, 6.45) is 2.97. The first kappa shape index (κ1) is 30.8. The number of nitrogens with zero attached hydrogens (tertiary/aromatic N) is 3. The summed E-state index contributed by atoms with van der Waals surface area (Å²) in [5, 5.41) is 21.8. The standard InChI is InChI=1S/C35H38N4O5.CH4/c40-35(41)34-27(13-7-19-44-31-14-5-9-24-8-1-2-10-25(24)31)26-11-6-12-28-32-29(22-38-16-20-42-21-17-38)36-37-30(32)23-43-18-4-3-15-39(34)33(26)28;/h1-2,5-6,8-12,14H,3-4,7,13,15-23H2,(H,36,37)(H,40,41);1H4. The third kappa shape index (κ3) is 6.20. The third-order valence-corrected chi connectivity index (χ3v) is 8.80. The van der Waals surface area contributed by atoms with Crippen molar-refractivity contribution in [2.75, 3.05) is 39.5 Å². The normalized spacial score (nSPS) is 15.7. The molecule has 0 saturated carbocycles. The number of nitrogens with one attached hydrogen (secondary N) is 1. The van der Waals surface area contributed by atoms with Crippen LogP contribution in [0.1, 0.15) is 54.1 Å². The Hall–Kier alpha value is -4.18. The number of hydrogen-bond donors (Lipinski definition) is 2. The third-order valence-electron chi connectivity index (χ3n) is 8.80. The summed E-state index contributed by atoms with van der Waals surface area (Å²) in [6.45, 7) is 5.97. The van der Waals surface area contributed by atoms with E-state index in [4.69, 9.17) is 19.3 Å². The van der Waals surface area contributed by atoms with Crippen LogP contribution < -0.4 is 4.74 Å². The van der Waals surface area contributed by atoms with Gasteiger partial charge in [-0.05, 0) is 42.7 Å². The maximum absolute atomic E-state index is 12.9. The Kier molecular flexibility index (Phi) is 9.49. The summed E-state index contributed by atoms with van der Waals surface area (Å²) in [5.41, 5.74) is 6.10. The minimum Gasteiger partial charge on any atom is -0.493 e. The molecule has 9 nitrogen and oxygen atoms in total. The molecule has 2 aromatic heterocycles. The van der Waals surface area contributed by atoms with E-state index in [-0.39, 0.29) is 7.43 Å². The molecule has 45 heavy (non-hydrogen) atoms. The first-order valence-corrected chi connectivity index (χ1v) is 15.6. The molecule has 0 unspecified atom stereocenters. The van der Waals surface area contributed by atoms with E-state index in [0.717, 1.165) is 81.4 Å². The van der Waals surface area contributed by atoms with Crippen molar-refractivity contribution < 1.29 is 24.1 Å². The number of benzene rings is 3. The summed E-state index contributed by atoms with van der Waals surface area (Å²) < 4.78 is 19.9. The molecule has 0 spiro atoms. The van der Waals surface area contributed by atoms with Gasteiger partial charge in [0.05, 0.1) is 43.3 Å². The van der Waals surface area contributed by atoms with Crippen molar-refractivity contribution in [2.24, 2.45) is 0 Å². The summed E-state index contributed by atoms with van der Waals surface area (Å²) in [6, 6.07) is 20.5. The molecule has 9 heteroatoms. The van der Waals surface area contributed by atoms with Crippen LogP contribution in [0.25, 0.3) is 32.8 Å². The van der Waals surface area contributed by atoms with Crippen LogP contribution >= 0.6 is 0 Å². The van der Waals surface area contributed by atoms with Crippen molar-refractivity contribution in [3.8, 4) is 16.9 Å². The van der Waals surface area contributed by atoms with Crippen LogP contribution in [0.15, 0.2) is 60.7 Å². The molecule has 2 N–H and O–H groups in total. The highest BCUT2D eigenvalue weighted by molar-refractivity contribution is 6.04. The van der Waals surface area contributed by atoms with Crippen LogP contribution in [0, 0.1) is 0 Å². The first-order valence-electron chi connectivity index (χ1n) is 15.6. The van der Waals surface area contributed by atoms with E-state index in [0.29, 0.717) is 64.7 Å². The number of aryl methyl sites for hydroxylation is 2. The number of ether oxygens (including phenoxy) is 3. The predicted molar refractivity (Wildman–Crippen MR) is 176 cm³/mol. The number of carboxylic acids is 1. The largest absolute Gasteiger partial charge is 0.493 e. The van der Waals surface area contributed by atoms with Gasteiger partial charge in [-0.25, -0.2) is 4.79 Å². The molecule has 0 radical (unpaired) electrons. The number of carboxylic acid groups (broad SMARTS) is 1. The molecular weight excluding hydrogens is 568 g/mol. The van der Waals surface area contributed by atoms with E-state index >= 15 is 0 Å². The van der Waals surface area contributed by atoms with Crippen LogP contribution in [-0.2, 0) is 35.6 Å². The lowest BCUT2D eigenvalue weighted by Gasteiger charge is -2.26. The Morgan fingerprint density at radius 3 is 2.60 bits per heavy atom. The maximum Gasteiger partial charge on any atom is 0.352 e. The Balaban J connectivity index is 0.00000357. The van der Waals surface area contributed by atoms with Gasteiger partial charge in [-0.2, -0.15) is 5.10 Å². The minimum atomic E-state index is -0.899. The number of carbonyl (C=O) groups is 1. The number of aromatic nitrogens is 3. The van der Waals surface area contributed by atoms with Crippen molar-refractivity contribution in [1.29, 1.82) is 0 Å². The number of rotatable bonds is 8. The molecule has 5 aromatic rings. The van der Waals surface area contributed by atoms with E-state index in [2.05, 4.69) is 40.3 Å². The van der Waals surface area contributed by atoms with Gasteiger partial charge in [0.2, 0.25) is 0 Å². The highest BCUT2D eigenvalue weighted by Crippen LogP contribution is 2.39. The van der Waals surface area contributed by atoms with E-state index in [1.165, 1.54) is 0 Å². The molecule has 4 heterocycles. The second-order valence-corrected chi connectivity index (χ2v) is 11.6. The van der Waals surface area contributed by atoms with Gasteiger partial charge < -0.3 is 23.9 Å². The SMILES string of the molecule is C.O=C(O)c1c(CCCOc2cccc3ccccc23)c2cccc3c2n1CCCCOCc1[nH]nc(CN2CCOCC2)c1-3. The quantitative estimate of drug-likeness (QED) is 0.189. The van der Waals surface area contributed by atoms with Crippen molar-refractivity contribution in [3.63, 3.8) is 0 Å². The summed E-state index contributed by atoms with van der Waals surface area (Å²) in [4.78, 5) is 15.3. The average Bonchev–Trinajstić information content (AvgIpc) is 3.58. The molecule has 0 aliphatic carbocycles. The molecule has 0 amide bonds. The zero-order valence-corrected chi connectivity index (χ0v) is 24.9. The number of H-pyrrole nitrogens is 1.